The summed E-state index contributed by atoms with van der Waals surface area (Å²) in [6.07, 6.45) is 1.99. The predicted octanol–water partition coefficient (Wildman–Crippen LogP) is 3.10. The highest BCUT2D eigenvalue weighted by Crippen LogP contribution is 2.22. The number of aryl methyl sites for hydroxylation is 1. The van der Waals surface area contributed by atoms with Crippen LogP contribution in [0.3, 0.4) is 0 Å². The first-order chi connectivity index (χ1) is 6.72. The van der Waals surface area contributed by atoms with Gasteiger partial charge in [-0.2, -0.15) is 5.26 Å². The maximum absolute atomic E-state index is 8.81. The lowest BCUT2D eigenvalue weighted by Crippen LogP contribution is -1.88. The monoisotopic (exact) mass is 184 g/mol. The van der Waals surface area contributed by atoms with Gasteiger partial charge in [-0.05, 0) is 31.0 Å². The number of benzene rings is 1. The quantitative estimate of drug-likeness (QED) is 0.726. The van der Waals surface area contributed by atoms with Gasteiger partial charge in [-0.1, -0.05) is 12.1 Å². The van der Waals surface area contributed by atoms with Gasteiger partial charge in [0, 0.05) is 17.1 Å². The minimum atomic E-state index is -0.0389. The molecule has 1 unspecified atom stereocenters. The fourth-order valence-electron chi connectivity index (χ4n) is 1.63. The summed E-state index contributed by atoms with van der Waals surface area (Å²) < 4.78 is 0. The molecule has 1 N–H and O–H groups in total. The molecule has 2 rings (SSSR count). The van der Waals surface area contributed by atoms with E-state index < -0.39 is 0 Å². The third-order valence-electron chi connectivity index (χ3n) is 2.61. The first kappa shape index (κ1) is 8.83. The number of nitrogens with one attached hydrogen (secondary N) is 1. The summed E-state index contributed by atoms with van der Waals surface area (Å²) in [5.41, 5.74) is 3.43. The molecule has 0 fully saturated rings. The molecule has 0 saturated carbocycles. The number of aromatic nitrogens is 1. The van der Waals surface area contributed by atoms with E-state index in [0.29, 0.717) is 0 Å². The van der Waals surface area contributed by atoms with Gasteiger partial charge in [0.2, 0.25) is 0 Å². The van der Waals surface area contributed by atoms with Crippen molar-refractivity contribution in [1.29, 1.82) is 5.26 Å². The van der Waals surface area contributed by atoms with Crippen molar-refractivity contribution in [2.75, 3.05) is 0 Å². The summed E-state index contributed by atoms with van der Waals surface area (Å²) >= 11 is 0. The number of nitrogens with zero attached hydrogens (tertiary/aromatic N) is 1. The fourth-order valence-corrected chi connectivity index (χ4v) is 1.63. The molecule has 0 bridgehead atoms. The average Bonchev–Trinajstić information content (AvgIpc) is 2.59. The molecule has 0 aliphatic rings. The van der Waals surface area contributed by atoms with Crippen molar-refractivity contribution < 1.29 is 0 Å². The van der Waals surface area contributed by atoms with Crippen LogP contribution in [0.2, 0.25) is 0 Å². The molecule has 2 heteroatoms. The van der Waals surface area contributed by atoms with Gasteiger partial charge in [0.1, 0.15) is 0 Å². The van der Waals surface area contributed by atoms with Crippen molar-refractivity contribution in [2.24, 2.45) is 0 Å². The standard InChI is InChI=1S/C12H12N2/c1-8(6-13)10-3-4-11-9(2)7-14-12(11)5-10/h3-5,7-8,14H,1-2H3. The molecule has 1 aromatic heterocycles. The van der Waals surface area contributed by atoms with Gasteiger partial charge in [0.15, 0.2) is 0 Å². The smallest absolute Gasteiger partial charge is 0.0700 e. The summed E-state index contributed by atoms with van der Waals surface area (Å²) in [6, 6.07) is 8.39. The molecule has 0 aliphatic heterocycles. The number of H-pyrrole nitrogens is 1. The van der Waals surface area contributed by atoms with Crippen molar-refractivity contribution in [3.63, 3.8) is 0 Å². The summed E-state index contributed by atoms with van der Waals surface area (Å²) in [7, 11) is 0. The summed E-state index contributed by atoms with van der Waals surface area (Å²) in [4.78, 5) is 3.20. The molecule has 2 aromatic rings. The molecule has 2 nitrogen and oxygen atoms in total. The molecule has 0 aliphatic carbocycles. The second-order valence-electron chi connectivity index (χ2n) is 3.63. The van der Waals surface area contributed by atoms with E-state index in [9.17, 15) is 0 Å². The molecule has 14 heavy (non-hydrogen) atoms. The Balaban J connectivity index is 2.58. The number of fused-ring (bicyclic) bond motifs is 1. The Hall–Kier alpha value is -1.75. The van der Waals surface area contributed by atoms with Crippen LogP contribution in [0, 0.1) is 18.3 Å². The van der Waals surface area contributed by atoms with Gasteiger partial charge < -0.3 is 4.98 Å². The Morgan fingerprint density at radius 1 is 1.43 bits per heavy atom. The van der Waals surface area contributed by atoms with Crippen molar-refractivity contribution in [2.45, 2.75) is 19.8 Å². The van der Waals surface area contributed by atoms with Crippen LogP contribution < -0.4 is 0 Å². The summed E-state index contributed by atoms with van der Waals surface area (Å²) in [6.45, 7) is 3.99. The van der Waals surface area contributed by atoms with E-state index in [-0.39, 0.29) is 5.92 Å². The first-order valence-electron chi connectivity index (χ1n) is 4.69. The number of aromatic amines is 1. The number of hydrogen-bond donors (Lipinski definition) is 1. The molecular weight excluding hydrogens is 172 g/mol. The van der Waals surface area contributed by atoms with Crippen molar-refractivity contribution in [3.8, 4) is 6.07 Å². The zero-order chi connectivity index (χ0) is 10.1. The normalized spacial score (nSPS) is 12.6. The van der Waals surface area contributed by atoms with E-state index in [1.807, 2.05) is 19.2 Å². The number of hydrogen-bond acceptors (Lipinski definition) is 1. The largest absolute Gasteiger partial charge is 0.361 e. The lowest BCUT2D eigenvalue weighted by atomic mass is 10.0. The third kappa shape index (κ3) is 1.27. The Kier molecular flexibility index (Phi) is 2.01. The molecule has 1 aromatic carbocycles. The van der Waals surface area contributed by atoms with Gasteiger partial charge in [-0.25, -0.2) is 0 Å². The summed E-state index contributed by atoms with van der Waals surface area (Å²) in [5.74, 6) is -0.0389. The predicted molar refractivity (Wildman–Crippen MR) is 57.1 cm³/mol. The molecule has 0 saturated heterocycles. The van der Waals surface area contributed by atoms with E-state index in [1.54, 1.807) is 0 Å². The SMILES string of the molecule is Cc1c[nH]c2cc(C(C)C#N)ccc12. The third-order valence-corrected chi connectivity index (χ3v) is 2.61. The maximum Gasteiger partial charge on any atom is 0.0700 e. The van der Waals surface area contributed by atoms with Crippen LogP contribution in [0.5, 0.6) is 0 Å². The maximum atomic E-state index is 8.81. The Morgan fingerprint density at radius 3 is 2.93 bits per heavy atom. The first-order valence-corrected chi connectivity index (χ1v) is 4.69. The highest BCUT2D eigenvalue weighted by Gasteiger charge is 2.05. The van der Waals surface area contributed by atoms with Gasteiger partial charge in [0.25, 0.3) is 0 Å². The lowest BCUT2D eigenvalue weighted by molar-refractivity contribution is 0.984. The molecule has 0 amide bonds. The molecule has 0 radical (unpaired) electrons. The van der Waals surface area contributed by atoms with E-state index in [0.717, 1.165) is 11.1 Å². The Bertz CT molecular complexity index is 503. The summed E-state index contributed by atoms with van der Waals surface area (Å²) in [5, 5.41) is 10.0. The van der Waals surface area contributed by atoms with Crippen molar-refractivity contribution >= 4 is 10.9 Å². The van der Waals surface area contributed by atoms with Crippen molar-refractivity contribution in [3.05, 3.63) is 35.5 Å². The van der Waals surface area contributed by atoms with Crippen LogP contribution in [0.15, 0.2) is 24.4 Å². The number of nitriles is 1. The molecular formula is C12H12N2. The van der Waals surface area contributed by atoms with Crippen molar-refractivity contribution in [1.82, 2.24) is 4.98 Å². The average molecular weight is 184 g/mol. The van der Waals surface area contributed by atoms with E-state index in [2.05, 4.69) is 30.1 Å². The Morgan fingerprint density at radius 2 is 2.21 bits per heavy atom. The van der Waals surface area contributed by atoms with Crippen LogP contribution >= 0.6 is 0 Å². The molecule has 0 spiro atoms. The molecule has 1 heterocycles. The van der Waals surface area contributed by atoms with Crippen LogP contribution in [0.1, 0.15) is 24.0 Å². The van der Waals surface area contributed by atoms with Gasteiger partial charge in [0.05, 0.1) is 12.0 Å². The minimum Gasteiger partial charge on any atom is -0.361 e. The molecule has 70 valence electrons. The van der Waals surface area contributed by atoms with E-state index in [4.69, 9.17) is 5.26 Å². The van der Waals surface area contributed by atoms with Gasteiger partial charge in [-0.15, -0.1) is 0 Å². The van der Waals surface area contributed by atoms with Crippen LogP contribution in [-0.2, 0) is 0 Å². The van der Waals surface area contributed by atoms with E-state index >= 15 is 0 Å². The Labute approximate surface area is 83.2 Å². The van der Waals surface area contributed by atoms with E-state index in [1.165, 1.54) is 10.9 Å². The zero-order valence-corrected chi connectivity index (χ0v) is 8.33. The van der Waals surface area contributed by atoms with Crippen LogP contribution in [-0.4, -0.2) is 4.98 Å². The lowest BCUT2D eigenvalue weighted by Gasteiger charge is -2.02. The zero-order valence-electron chi connectivity index (χ0n) is 8.33. The second kappa shape index (κ2) is 3.19. The van der Waals surface area contributed by atoms with Crippen LogP contribution in [0.4, 0.5) is 0 Å². The highest BCUT2D eigenvalue weighted by molar-refractivity contribution is 5.83. The highest BCUT2D eigenvalue weighted by atomic mass is 14.7. The van der Waals surface area contributed by atoms with Gasteiger partial charge >= 0.3 is 0 Å². The minimum absolute atomic E-state index is 0.0389. The second-order valence-corrected chi connectivity index (χ2v) is 3.63. The molecule has 1 atom stereocenters. The fraction of sp³-hybridized carbons (Fsp3) is 0.250. The topological polar surface area (TPSA) is 39.6 Å². The van der Waals surface area contributed by atoms with Crippen LogP contribution in [0.25, 0.3) is 10.9 Å². The van der Waals surface area contributed by atoms with Gasteiger partial charge in [-0.3, -0.25) is 0 Å². The number of rotatable bonds is 1.